The Morgan fingerprint density at radius 3 is 2.60 bits per heavy atom. The lowest BCUT2D eigenvalue weighted by molar-refractivity contribution is -0.0154. The molecule has 0 heterocycles. The lowest BCUT2D eigenvalue weighted by Gasteiger charge is -2.17. The van der Waals surface area contributed by atoms with Crippen LogP contribution in [0.1, 0.15) is 22.0 Å². The van der Waals surface area contributed by atoms with Gasteiger partial charge in [0.1, 0.15) is 18.5 Å². The molecular formula is C10H11ClO4. The first-order chi connectivity index (χ1) is 7.10. The predicted molar refractivity (Wildman–Crippen MR) is 54.9 cm³/mol. The Labute approximate surface area is 91.7 Å². The third kappa shape index (κ3) is 2.76. The van der Waals surface area contributed by atoms with Crippen LogP contribution in [0.15, 0.2) is 18.2 Å². The van der Waals surface area contributed by atoms with E-state index in [0.29, 0.717) is 11.3 Å². The lowest BCUT2D eigenvalue weighted by atomic mass is 10.00. The van der Waals surface area contributed by atoms with Crippen LogP contribution in [0.2, 0.25) is 5.02 Å². The summed E-state index contributed by atoms with van der Waals surface area (Å²) < 4.78 is 0. The van der Waals surface area contributed by atoms with Gasteiger partial charge in [0.25, 0.3) is 0 Å². The molecule has 1 aromatic carbocycles. The van der Waals surface area contributed by atoms with E-state index in [1.54, 1.807) is 0 Å². The Hall–Kier alpha value is -0.940. The molecule has 5 heteroatoms. The van der Waals surface area contributed by atoms with Crippen LogP contribution in [0.25, 0.3) is 0 Å². The van der Waals surface area contributed by atoms with E-state index >= 15 is 0 Å². The fourth-order valence-electron chi connectivity index (χ4n) is 1.22. The molecule has 2 atom stereocenters. The van der Waals surface area contributed by atoms with Gasteiger partial charge in [0.2, 0.25) is 0 Å². The van der Waals surface area contributed by atoms with Gasteiger partial charge in [-0.1, -0.05) is 17.7 Å². The standard InChI is InChI=1S/C10H11ClO4/c11-7-1-2-8(6(3-7)4-12)10(15)9(14)5-13/h1-4,9-10,13-15H,5H2. The van der Waals surface area contributed by atoms with Gasteiger partial charge in [-0.15, -0.1) is 0 Å². The van der Waals surface area contributed by atoms with Crippen LogP contribution in [0.3, 0.4) is 0 Å². The van der Waals surface area contributed by atoms with E-state index in [-0.39, 0.29) is 11.1 Å². The van der Waals surface area contributed by atoms with Crippen LogP contribution in [0.4, 0.5) is 0 Å². The zero-order valence-corrected chi connectivity index (χ0v) is 8.55. The minimum absolute atomic E-state index is 0.197. The van der Waals surface area contributed by atoms with Gasteiger partial charge in [-0.2, -0.15) is 0 Å². The summed E-state index contributed by atoms with van der Waals surface area (Å²) >= 11 is 5.66. The molecule has 0 amide bonds. The van der Waals surface area contributed by atoms with Crippen LogP contribution in [0.5, 0.6) is 0 Å². The van der Waals surface area contributed by atoms with Crippen molar-refractivity contribution >= 4 is 17.9 Å². The molecule has 0 saturated heterocycles. The van der Waals surface area contributed by atoms with Crippen LogP contribution in [-0.2, 0) is 0 Å². The van der Waals surface area contributed by atoms with Crippen molar-refractivity contribution in [2.75, 3.05) is 6.61 Å². The summed E-state index contributed by atoms with van der Waals surface area (Å²) in [7, 11) is 0. The smallest absolute Gasteiger partial charge is 0.150 e. The summed E-state index contributed by atoms with van der Waals surface area (Å²) in [6.07, 6.45) is -2.08. The molecule has 0 fully saturated rings. The minimum atomic E-state index is -1.31. The molecule has 4 nitrogen and oxygen atoms in total. The van der Waals surface area contributed by atoms with E-state index < -0.39 is 18.8 Å². The Kier molecular flexibility index (Phi) is 4.23. The zero-order chi connectivity index (χ0) is 11.4. The van der Waals surface area contributed by atoms with E-state index in [2.05, 4.69) is 0 Å². The van der Waals surface area contributed by atoms with Gasteiger partial charge in [-0.25, -0.2) is 0 Å². The molecule has 1 rings (SSSR count). The van der Waals surface area contributed by atoms with Crippen LogP contribution in [-0.4, -0.2) is 34.3 Å². The number of carbonyl (C=O) groups excluding carboxylic acids is 1. The van der Waals surface area contributed by atoms with Gasteiger partial charge in [0.15, 0.2) is 0 Å². The highest BCUT2D eigenvalue weighted by Gasteiger charge is 2.20. The molecule has 3 N–H and O–H groups in total. The number of aldehydes is 1. The van der Waals surface area contributed by atoms with Crippen molar-refractivity contribution in [3.05, 3.63) is 34.3 Å². The largest absolute Gasteiger partial charge is 0.394 e. The molecule has 0 saturated carbocycles. The number of aliphatic hydroxyl groups is 3. The molecule has 82 valence electrons. The summed E-state index contributed by atoms with van der Waals surface area (Å²) in [5.74, 6) is 0. The fraction of sp³-hybridized carbons (Fsp3) is 0.300. The SMILES string of the molecule is O=Cc1cc(Cl)ccc1C(O)C(O)CO. The molecule has 1 aromatic rings. The predicted octanol–water partition coefficient (Wildman–Crippen LogP) is 0.539. The van der Waals surface area contributed by atoms with Crippen LogP contribution >= 0.6 is 11.6 Å². The zero-order valence-electron chi connectivity index (χ0n) is 7.80. The van der Waals surface area contributed by atoms with Crippen molar-refractivity contribution in [1.29, 1.82) is 0 Å². The molecule has 2 unspecified atom stereocenters. The maximum Gasteiger partial charge on any atom is 0.150 e. The second-order valence-corrected chi connectivity index (χ2v) is 3.52. The average Bonchev–Trinajstić information content (AvgIpc) is 2.26. The molecule has 0 aliphatic heterocycles. The van der Waals surface area contributed by atoms with Gasteiger partial charge >= 0.3 is 0 Å². The Morgan fingerprint density at radius 1 is 1.40 bits per heavy atom. The van der Waals surface area contributed by atoms with Crippen molar-refractivity contribution in [3.8, 4) is 0 Å². The van der Waals surface area contributed by atoms with Gasteiger partial charge in [0.05, 0.1) is 6.61 Å². The van der Waals surface area contributed by atoms with E-state index in [4.69, 9.17) is 16.7 Å². The van der Waals surface area contributed by atoms with Crippen LogP contribution < -0.4 is 0 Å². The molecule has 0 radical (unpaired) electrons. The summed E-state index contributed by atoms with van der Waals surface area (Å²) in [6.45, 7) is -0.581. The van der Waals surface area contributed by atoms with Crippen LogP contribution in [0, 0.1) is 0 Å². The van der Waals surface area contributed by atoms with E-state index in [1.807, 2.05) is 0 Å². The number of hydrogen-bond donors (Lipinski definition) is 3. The normalized spacial score (nSPS) is 14.7. The maximum absolute atomic E-state index is 10.7. The van der Waals surface area contributed by atoms with Gasteiger partial charge in [-0.05, 0) is 17.7 Å². The van der Waals surface area contributed by atoms with E-state index in [1.165, 1.54) is 18.2 Å². The van der Waals surface area contributed by atoms with Crippen molar-refractivity contribution in [2.45, 2.75) is 12.2 Å². The number of rotatable bonds is 4. The highest BCUT2D eigenvalue weighted by Crippen LogP contribution is 2.23. The summed E-state index contributed by atoms with van der Waals surface area (Å²) in [5, 5.41) is 27.8. The van der Waals surface area contributed by atoms with Gasteiger partial charge in [-0.3, -0.25) is 4.79 Å². The highest BCUT2D eigenvalue weighted by molar-refractivity contribution is 6.30. The second-order valence-electron chi connectivity index (χ2n) is 3.09. The van der Waals surface area contributed by atoms with E-state index in [0.717, 1.165) is 0 Å². The van der Waals surface area contributed by atoms with Crippen molar-refractivity contribution in [3.63, 3.8) is 0 Å². The number of halogens is 1. The number of hydrogen-bond acceptors (Lipinski definition) is 4. The molecule has 0 bridgehead atoms. The Bertz CT molecular complexity index is 353. The maximum atomic E-state index is 10.7. The van der Waals surface area contributed by atoms with Crippen molar-refractivity contribution in [1.82, 2.24) is 0 Å². The summed E-state index contributed by atoms with van der Waals surface area (Å²) in [6, 6.07) is 4.32. The highest BCUT2D eigenvalue weighted by atomic mass is 35.5. The van der Waals surface area contributed by atoms with Gasteiger partial charge in [0, 0.05) is 10.6 Å². The molecule has 0 aliphatic rings. The molecule has 0 spiro atoms. The molecule has 0 aliphatic carbocycles. The average molecular weight is 231 g/mol. The quantitative estimate of drug-likeness (QED) is 0.660. The monoisotopic (exact) mass is 230 g/mol. The first kappa shape index (κ1) is 12.1. The topological polar surface area (TPSA) is 77.8 Å². The fourth-order valence-corrected chi connectivity index (χ4v) is 1.40. The lowest BCUT2D eigenvalue weighted by Crippen LogP contribution is -2.23. The summed E-state index contributed by atoms with van der Waals surface area (Å²) in [5.41, 5.74) is 0.443. The first-order valence-electron chi connectivity index (χ1n) is 4.31. The second kappa shape index (κ2) is 5.23. The number of benzene rings is 1. The Balaban J connectivity index is 3.07. The third-order valence-electron chi connectivity index (χ3n) is 2.05. The number of carbonyl (C=O) groups is 1. The third-order valence-corrected chi connectivity index (χ3v) is 2.28. The Morgan fingerprint density at radius 2 is 2.07 bits per heavy atom. The van der Waals surface area contributed by atoms with Crippen molar-refractivity contribution in [2.24, 2.45) is 0 Å². The summed E-state index contributed by atoms with van der Waals surface area (Å²) in [4.78, 5) is 10.7. The molecule has 0 aromatic heterocycles. The van der Waals surface area contributed by atoms with Crippen molar-refractivity contribution < 1.29 is 20.1 Å². The van der Waals surface area contributed by atoms with E-state index in [9.17, 15) is 15.0 Å². The molecular weight excluding hydrogens is 220 g/mol. The number of aliphatic hydroxyl groups excluding tert-OH is 3. The minimum Gasteiger partial charge on any atom is -0.394 e. The van der Waals surface area contributed by atoms with Gasteiger partial charge < -0.3 is 15.3 Å². The first-order valence-corrected chi connectivity index (χ1v) is 4.69. The molecule has 15 heavy (non-hydrogen) atoms.